The van der Waals surface area contributed by atoms with Gasteiger partial charge in [-0.05, 0) is 32.9 Å². The van der Waals surface area contributed by atoms with Crippen LogP contribution < -0.4 is 5.32 Å². The minimum absolute atomic E-state index is 0.291. The average Bonchev–Trinajstić information content (AvgIpc) is 2.84. The van der Waals surface area contributed by atoms with E-state index in [4.69, 9.17) is 4.74 Å². The summed E-state index contributed by atoms with van der Waals surface area (Å²) in [6.45, 7) is 5.74. The summed E-state index contributed by atoms with van der Waals surface area (Å²) in [7, 11) is 0. The zero-order chi connectivity index (χ0) is 14.6. The number of rotatable bonds is 3. The van der Waals surface area contributed by atoms with Crippen molar-refractivity contribution in [2.45, 2.75) is 32.9 Å². The summed E-state index contributed by atoms with van der Waals surface area (Å²) in [5.74, 6) is 0. The van der Waals surface area contributed by atoms with Crippen molar-refractivity contribution in [3.63, 3.8) is 0 Å². The lowest BCUT2D eigenvalue weighted by atomic mass is 10.2. The fourth-order valence-electron chi connectivity index (χ4n) is 1.38. The van der Waals surface area contributed by atoms with Gasteiger partial charge in [0, 0.05) is 6.20 Å². The van der Waals surface area contributed by atoms with Crippen LogP contribution in [-0.2, 0) is 11.3 Å². The first-order chi connectivity index (χ1) is 9.44. The van der Waals surface area contributed by atoms with Crippen molar-refractivity contribution in [2.24, 2.45) is 0 Å². The Morgan fingerprint density at radius 3 is 2.80 bits per heavy atom. The summed E-state index contributed by atoms with van der Waals surface area (Å²) < 4.78 is 5.14. The number of nitrogens with one attached hydrogen (secondary N) is 1. The van der Waals surface area contributed by atoms with E-state index < -0.39 is 11.7 Å². The van der Waals surface area contributed by atoms with Gasteiger partial charge in [0.25, 0.3) is 0 Å². The fourth-order valence-corrected chi connectivity index (χ4v) is 2.14. The third-order valence-corrected chi connectivity index (χ3v) is 3.08. The summed E-state index contributed by atoms with van der Waals surface area (Å²) in [6, 6.07) is 5.60. The molecule has 0 saturated heterocycles. The molecular formula is C13H16N4O2S. The van der Waals surface area contributed by atoms with Gasteiger partial charge in [0.1, 0.15) is 16.3 Å². The van der Waals surface area contributed by atoms with E-state index in [1.54, 1.807) is 6.20 Å². The lowest BCUT2D eigenvalue weighted by Crippen LogP contribution is -2.32. The first-order valence-corrected chi connectivity index (χ1v) is 6.96. The molecule has 0 spiro atoms. The van der Waals surface area contributed by atoms with E-state index in [0.717, 1.165) is 10.7 Å². The van der Waals surface area contributed by atoms with Crippen molar-refractivity contribution < 1.29 is 9.53 Å². The molecule has 20 heavy (non-hydrogen) atoms. The second-order valence-corrected chi connectivity index (χ2v) is 6.13. The van der Waals surface area contributed by atoms with Gasteiger partial charge in [0.15, 0.2) is 5.01 Å². The maximum absolute atomic E-state index is 11.5. The van der Waals surface area contributed by atoms with Gasteiger partial charge in [0.05, 0.1) is 6.54 Å². The lowest BCUT2D eigenvalue weighted by molar-refractivity contribution is 0.0523. The van der Waals surface area contributed by atoms with Crippen molar-refractivity contribution in [1.82, 2.24) is 20.5 Å². The Balaban J connectivity index is 1.92. The fraction of sp³-hybridized carbons (Fsp3) is 0.385. The molecule has 0 unspecified atom stereocenters. The summed E-state index contributed by atoms with van der Waals surface area (Å²) in [5.41, 5.74) is 0.262. The number of ether oxygens (including phenoxy) is 1. The molecule has 0 atom stereocenters. The SMILES string of the molecule is CC(C)(C)OC(=O)NCc1nnc(-c2ccccn2)s1. The minimum Gasteiger partial charge on any atom is -0.444 e. The maximum Gasteiger partial charge on any atom is 0.408 e. The van der Waals surface area contributed by atoms with Gasteiger partial charge in [-0.15, -0.1) is 10.2 Å². The minimum atomic E-state index is -0.510. The zero-order valence-electron chi connectivity index (χ0n) is 11.6. The standard InChI is InChI=1S/C13H16N4O2S/c1-13(2,3)19-12(18)15-8-10-16-17-11(20-10)9-6-4-5-7-14-9/h4-7H,8H2,1-3H3,(H,15,18). The van der Waals surface area contributed by atoms with Gasteiger partial charge in [-0.3, -0.25) is 4.98 Å². The van der Waals surface area contributed by atoms with E-state index >= 15 is 0 Å². The number of carbonyl (C=O) groups is 1. The normalized spacial score (nSPS) is 11.2. The summed E-state index contributed by atoms with van der Waals surface area (Å²) in [5, 5.41) is 12.2. The van der Waals surface area contributed by atoms with Crippen molar-refractivity contribution in [1.29, 1.82) is 0 Å². The molecule has 0 aliphatic heterocycles. The number of hydrogen-bond acceptors (Lipinski definition) is 6. The molecule has 7 heteroatoms. The first kappa shape index (κ1) is 14.4. The van der Waals surface area contributed by atoms with E-state index in [2.05, 4.69) is 20.5 Å². The summed E-state index contributed by atoms with van der Waals surface area (Å²) in [6.07, 6.45) is 1.24. The molecule has 2 heterocycles. The molecule has 0 radical (unpaired) electrons. The topological polar surface area (TPSA) is 77.0 Å². The molecule has 1 N–H and O–H groups in total. The van der Waals surface area contributed by atoms with E-state index in [0.29, 0.717) is 11.6 Å². The second-order valence-electron chi connectivity index (χ2n) is 5.07. The number of nitrogens with zero attached hydrogens (tertiary/aromatic N) is 3. The van der Waals surface area contributed by atoms with E-state index in [-0.39, 0.29) is 0 Å². The van der Waals surface area contributed by atoms with Crippen LogP contribution in [0, 0.1) is 0 Å². The van der Waals surface area contributed by atoms with Gasteiger partial charge >= 0.3 is 6.09 Å². The number of pyridine rings is 1. The Morgan fingerprint density at radius 2 is 2.15 bits per heavy atom. The molecule has 0 aliphatic carbocycles. The Morgan fingerprint density at radius 1 is 1.35 bits per heavy atom. The number of hydrogen-bond donors (Lipinski definition) is 1. The van der Waals surface area contributed by atoms with Crippen molar-refractivity contribution in [3.8, 4) is 10.7 Å². The van der Waals surface area contributed by atoms with Crippen molar-refractivity contribution >= 4 is 17.4 Å². The molecule has 2 aromatic rings. The number of alkyl carbamates (subject to hydrolysis) is 1. The highest BCUT2D eigenvalue weighted by atomic mass is 32.1. The highest BCUT2D eigenvalue weighted by Crippen LogP contribution is 2.20. The third kappa shape index (κ3) is 4.27. The number of carbonyl (C=O) groups excluding carboxylic acids is 1. The van der Waals surface area contributed by atoms with Crippen LogP contribution in [0.2, 0.25) is 0 Å². The van der Waals surface area contributed by atoms with Crippen molar-refractivity contribution in [2.75, 3.05) is 0 Å². The van der Waals surface area contributed by atoms with Crippen molar-refractivity contribution in [3.05, 3.63) is 29.4 Å². The Labute approximate surface area is 121 Å². The van der Waals surface area contributed by atoms with Crippen LogP contribution in [0.15, 0.2) is 24.4 Å². The number of amides is 1. The molecule has 0 saturated carbocycles. The molecule has 0 bridgehead atoms. The molecule has 0 aliphatic rings. The predicted molar refractivity (Wildman–Crippen MR) is 76.2 cm³/mol. The van der Waals surface area contributed by atoms with E-state index in [1.165, 1.54) is 11.3 Å². The molecule has 1 amide bonds. The molecule has 106 valence electrons. The smallest absolute Gasteiger partial charge is 0.408 e. The highest BCUT2D eigenvalue weighted by Gasteiger charge is 2.16. The Kier molecular flexibility index (Phi) is 4.29. The highest BCUT2D eigenvalue weighted by molar-refractivity contribution is 7.14. The van der Waals surface area contributed by atoms with Gasteiger partial charge in [0.2, 0.25) is 0 Å². The monoisotopic (exact) mass is 292 g/mol. The van der Waals surface area contributed by atoms with Crippen LogP contribution in [0.1, 0.15) is 25.8 Å². The van der Waals surface area contributed by atoms with Crippen LogP contribution in [0.5, 0.6) is 0 Å². The van der Waals surface area contributed by atoms with Crippen LogP contribution in [0.4, 0.5) is 4.79 Å². The lowest BCUT2D eigenvalue weighted by Gasteiger charge is -2.19. The van der Waals surface area contributed by atoms with Gasteiger partial charge in [-0.2, -0.15) is 0 Å². The molecular weight excluding hydrogens is 276 g/mol. The molecule has 2 aromatic heterocycles. The third-order valence-electron chi connectivity index (χ3n) is 2.13. The van der Waals surface area contributed by atoms with Crippen LogP contribution in [-0.4, -0.2) is 26.9 Å². The van der Waals surface area contributed by atoms with Gasteiger partial charge in [-0.1, -0.05) is 17.4 Å². The van der Waals surface area contributed by atoms with Gasteiger partial charge in [-0.25, -0.2) is 4.79 Å². The first-order valence-electron chi connectivity index (χ1n) is 6.15. The summed E-state index contributed by atoms with van der Waals surface area (Å²) >= 11 is 1.39. The average molecular weight is 292 g/mol. The Bertz CT molecular complexity index is 578. The molecule has 0 aromatic carbocycles. The zero-order valence-corrected chi connectivity index (χ0v) is 12.4. The predicted octanol–water partition coefficient (Wildman–Crippen LogP) is 2.62. The molecule has 2 rings (SSSR count). The van der Waals surface area contributed by atoms with Crippen LogP contribution >= 0.6 is 11.3 Å². The Hall–Kier alpha value is -2.02. The quantitative estimate of drug-likeness (QED) is 0.941. The van der Waals surface area contributed by atoms with E-state index in [9.17, 15) is 4.79 Å². The van der Waals surface area contributed by atoms with Gasteiger partial charge < -0.3 is 10.1 Å². The second kappa shape index (κ2) is 5.96. The van der Waals surface area contributed by atoms with Crippen LogP contribution in [0.3, 0.4) is 0 Å². The van der Waals surface area contributed by atoms with Crippen LogP contribution in [0.25, 0.3) is 10.7 Å². The number of aromatic nitrogens is 3. The summed E-state index contributed by atoms with van der Waals surface area (Å²) in [4.78, 5) is 15.7. The van der Waals surface area contributed by atoms with E-state index in [1.807, 2.05) is 39.0 Å². The largest absolute Gasteiger partial charge is 0.444 e. The molecule has 6 nitrogen and oxygen atoms in total. The molecule has 0 fully saturated rings. The maximum atomic E-state index is 11.5.